The number of furan rings is 2. The molecule has 1 unspecified atom stereocenters. The van der Waals surface area contributed by atoms with Gasteiger partial charge in [0, 0.05) is 12.6 Å². The van der Waals surface area contributed by atoms with Crippen molar-refractivity contribution < 1.29 is 23.5 Å². The normalized spacial score (nSPS) is 12.1. The fraction of sp³-hybridized carbons (Fsp3) is 0.333. The van der Waals surface area contributed by atoms with E-state index >= 15 is 0 Å². The third-order valence-electron chi connectivity index (χ3n) is 3.43. The second-order valence-electron chi connectivity index (χ2n) is 4.89. The summed E-state index contributed by atoms with van der Waals surface area (Å²) in [6.07, 6.45) is 2.62. The summed E-state index contributed by atoms with van der Waals surface area (Å²) in [5.41, 5.74) is 0.924. The van der Waals surface area contributed by atoms with Gasteiger partial charge in [-0.25, -0.2) is 0 Å². The number of hydrogen-bond donors (Lipinski definition) is 1. The minimum absolute atomic E-state index is 0.170. The van der Waals surface area contributed by atoms with E-state index in [0.717, 1.165) is 0 Å². The number of carboxylic acid groups (broad SMARTS) is 1. The Morgan fingerprint density at radius 3 is 2.67 bits per heavy atom. The van der Waals surface area contributed by atoms with Crippen LogP contribution in [0.1, 0.15) is 40.4 Å². The second kappa shape index (κ2) is 5.87. The number of aliphatic carboxylic acids is 1. The van der Waals surface area contributed by atoms with Crippen LogP contribution in [0.3, 0.4) is 0 Å². The fourth-order valence-corrected chi connectivity index (χ4v) is 2.12. The molecule has 0 saturated carbocycles. The van der Waals surface area contributed by atoms with Gasteiger partial charge in [-0.05, 0) is 26.0 Å². The third-order valence-corrected chi connectivity index (χ3v) is 3.43. The highest BCUT2D eigenvalue weighted by Crippen LogP contribution is 2.25. The van der Waals surface area contributed by atoms with E-state index in [1.165, 1.54) is 11.2 Å². The standard InChI is InChI=1S/C15H17NO5/c1-9-8-21-12(7-13(17)18)14(9)15(19)16(3)10(2)11-5-4-6-20-11/h4-6,8,10H,7H2,1-3H3,(H,17,18). The first-order valence-electron chi connectivity index (χ1n) is 6.51. The summed E-state index contributed by atoms with van der Waals surface area (Å²) >= 11 is 0. The molecule has 0 aromatic carbocycles. The average Bonchev–Trinajstić information content (AvgIpc) is 3.06. The summed E-state index contributed by atoms with van der Waals surface area (Å²) in [7, 11) is 1.65. The molecule has 2 heterocycles. The molecule has 2 rings (SSSR count). The third kappa shape index (κ3) is 2.99. The molecule has 0 aliphatic heterocycles. The quantitative estimate of drug-likeness (QED) is 0.915. The van der Waals surface area contributed by atoms with Crippen LogP contribution in [0.5, 0.6) is 0 Å². The van der Waals surface area contributed by atoms with Crippen molar-refractivity contribution in [1.29, 1.82) is 0 Å². The van der Waals surface area contributed by atoms with Gasteiger partial charge in [0.2, 0.25) is 0 Å². The Morgan fingerprint density at radius 2 is 2.10 bits per heavy atom. The molecule has 0 fully saturated rings. The lowest BCUT2D eigenvalue weighted by atomic mass is 10.1. The molecular weight excluding hydrogens is 274 g/mol. The monoisotopic (exact) mass is 291 g/mol. The van der Waals surface area contributed by atoms with Crippen LogP contribution in [-0.4, -0.2) is 28.9 Å². The molecule has 1 amide bonds. The Hall–Kier alpha value is -2.50. The van der Waals surface area contributed by atoms with E-state index in [1.54, 1.807) is 32.4 Å². The van der Waals surface area contributed by atoms with E-state index < -0.39 is 5.97 Å². The van der Waals surface area contributed by atoms with Crippen molar-refractivity contribution >= 4 is 11.9 Å². The zero-order chi connectivity index (χ0) is 15.6. The lowest BCUT2D eigenvalue weighted by Gasteiger charge is -2.23. The van der Waals surface area contributed by atoms with Gasteiger partial charge in [0.25, 0.3) is 5.91 Å². The summed E-state index contributed by atoms with van der Waals surface area (Å²) in [4.78, 5) is 24.9. The highest BCUT2D eigenvalue weighted by atomic mass is 16.4. The number of nitrogens with zero attached hydrogens (tertiary/aromatic N) is 1. The molecule has 6 heteroatoms. The highest BCUT2D eigenvalue weighted by molar-refractivity contribution is 5.97. The first-order chi connectivity index (χ1) is 9.91. The van der Waals surface area contributed by atoms with Crippen molar-refractivity contribution in [2.45, 2.75) is 26.3 Å². The summed E-state index contributed by atoms with van der Waals surface area (Å²) in [5, 5.41) is 8.88. The smallest absolute Gasteiger partial charge is 0.311 e. The van der Waals surface area contributed by atoms with Gasteiger partial charge in [-0.1, -0.05) is 0 Å². The Bertz CT molecular complexity index is 641. The molecule has 0 spiro atoms. The molecule has 0 aliphatic rings. The number of aryl methyl sites for hydroxylation is 1. The molecule has 2 aromatic heterocycles. The van der Waals surface area contributed by atoms with Gasteiger partial charge in [-0.15, -0.1) is 0 Å². The van der Waals surface area contributed by atoms with E-state index in [0.29, 0.717) is 16.9 Å². The van der Waals surface area contributed by atoms with Crippen LogP contribution in [0.2, 0.25) is 0 Å². The Kier molecular flexibility index (Phi) is 4.16. The second-order valence-corrected chi connectivity index (χ2v) is 4.89. The molecule has 21 heavy (non-hydrogen) atoms. The van der Waals surface area contributed by atoms with Crippen molar-refractivity contribution in [2.75, 3.05) is 7.05 Å². The van der Waals surface area contributed by atoms with Crippen LogP contribution in [0.15, 0.2) is 33.5 Å². The molecule has 1 N–H and O–H groups in total. The zero-order valence-electron chi connectivity index (χ0n) is 12.1. The predicted molar refractivity (Wildman–Crippen MR) is 74.0 cm³/mol. The molecule has 0 saturated heterocycles. The van der Waals surface area contributed by atoms with Gasteiger partial charge in [0.05, 0.1) is 24.1 Å². The number of amides is 1. The molecule has 0 aliphatic carbocycles. The van der Waals surface area contributed by atoms with E-state index in [9.17, 15) is 9.59 Å². The van der Waals surface area contributed by atoms with Crippen LogP contribution in [-0.2, 0) is 11.2 Å². The van der Waals surface area contributed by atoms with Gasteiger partial charge >= 0.3 is 5.97 Å². The summed E-state index contributed by atoms with van der Waals surface area (Å²) in [6, 6.07) is 3.28. The molecule has 112 valence electrons. The van der Waals surface area contributed by atoms with Gasteiger partial charge in [0.15, 0.2) is 0 Å². The number of carbonyl (C=O) groups excluding carboxylic acids is 1. The summed E-state index contributed by atoms with van der Waals surface area (Å²) in [6.45, 7) is 3.55. The molecule has 2 aromatic rings. The van der Waals surface area contributed by atoms with Crippen molar-refractivity contribution in [1.82, 2.24) is 4.90 Å². The van der Waals surface area contributed by atoms with Crippen LogP contribution in [0.25, 0.3) is 0 Å². The number of rotatable bonds is 5. The summed E-state index contributed by atoms with van der Waals surface area (Å²) < 4.78 is 10.5. The van der Waals surface area contributed by atoms with Gasteiger partial charge in [-0.3, -0.25) is 9.59 Å². The molecule has 0 bridgehead atoms. The largest absolute Gasteiger partial charge is 0.481 e. The Morgan fingerprint density at radius 1 is 1.38 bits per heavy atom. The van der Waals surface area contributed by atoms with Crippen LogP contribution >= 0.6 is 0 Å². The van der Waals surface area contributed by atoms with Crippen LogP contribution in [0.4, 0.5) is 0 Å². The van der Waals surface area contributed by atoms with Crippen molar-refractivity contribution in [3.63, 3.8) is 0 Å². The van der Waals surface area contributed by atoms with Crippen molar-refractivity contribution in [3.05, 3.63) is 47.3 Å². The Balaban J connectivity index is 2.27. The van der Waals surface area contributed by atoms with Gasteiger partial charge in [-0.2, -0.15) is 0 Å². The summed E-state index contributed by atoms with van der Waals surface area (Å²) in [5.74, 6) is -0.503. The maximum Gasteiger partial charge on any atom is 0.311 e. The van der Waals surface area contributed by atoms with Gasteiger partial charge in [0.1, 0.15) is 17.9 Å². The molecule has 1 atom stereocenters. The number of carboxylic acids is 1. The number of carbonyl (C=O) groups is 2. The van der Waals surface area contributed by atoms with Crippen molar-refractivity contribution in [3.8, 4) is 0 Å². The number of hydrogen-bond acceptors (Lipinski definition) is 4. The predicted octanol–water partition coefficient (Wildman–Crippen LogP) is 2.64. The topological polar surface area (TPSA) is 83.9 Å². The van der Waals surface area contributed by atoms with E-state index in [2.05, 4.69) is 0 Å². The Labute approximate surface area is 122 Å². The first-order valence-corrected chi connectivity index (χ1v) is 6.51. The molecule has 6 nitrogen and oxygen atoms in total. The van der Waals surface area contributed by atoms with Crippen molar-refractivity contribution in [2.24, 2.45) is 0 Å². The average molecular weight is 291 g/mol. The SMILES string of the molecule is Cc1coc(CC(=O)O)c1C(=O)N(C)C(C)c1ccco1. The maximum atomic E-state index is 12.6. The lowest BCUT2D eigenvalue weighted by Crippen LogP contribution is -2.30. The fourth-order valence-electron chi connectivity index (χ4n) is 2.12. The molecular formula is C15H17NO5. The molecule has 0 radical (unpaired) electrons. The lowest BCUT2D eigenvalue weighted by molar-refractivity contribution is -0.136. The highest BCUT2D eigenvalue weighted by Gasteiger charge is 2.27. The minimum Gasteiger partial charge on any atom is -0.481 e. The minimum atomic E-state index is -1.04. The van der Waals surface area contributed by atoms with Crippen LogP contribution in [0, 0.1) is 6.92 Å². The van der Waals surface area contributed by atoms with E-state index in [4.69, 9.17) is 13.9 Å². The maximum absolute atomic E-state index is 12.6. The van der Waals surface area contributed by atoms with E-state index in [1.807, 2.05) is 6.92 Å². The zero-order valence-corrected chi connectivity index (χ0v) is 12.1. The van der Waals surface area contributed by atoms with E-state index in [-0.39, 0.29) is 24.1 Å². The van der Waals surface area contributed by atoms with Crippen LogP contribution < -0.4 is 0 Å². The first kappa shape index (κ1) is 14.9. The van der Waals surface area contributed by atoms with Gasteiger partial charge < -0.3 is 18.8 Å².